The summed E-state index contributed by atoms with van der Waals surface area (Å²) in [5.74, 6) is -0.342. The molecule has 0 unspecified atom stereocenters. The number of thiocarbonyl (C=S) groups is 1. The minimum atomic E-state index is -0.311. The molecule has 0 aliphatic carbocycles. The van der Waals surface area contributed by atoms with Crippen LogP contribution in [0, 0.1) is 0 Å². The summed E-state index contributed by atoms with van der Waals surface area (Å²) in [5, 5.41) is 7.55. The Morgan fingerprint density at radius 2 is 2.05 bits per heavy atom. The van der Waals surface area contributed by atoms with Crippen LogP contribution in [0.3, 0.4) is 0 Å². The Bertz CT molecular complexity index is 722. The molecule has 0 spiro atoms. The lowest BCUT2D eigenvalue weighted by atomic mass is 10.1. The summed E-state index contributed by atoms with van der Waals surface area (Å²) in [7, 11) is 0. The summed E-state index contributed by atoms with van der Waals surface area (Å²) in [5.41, 5.74) is 1.23. The molecule has 0 atom stereocenters. The van der Waals surface area contributed by atoms with Crippen molar-refractivity contribution in [1.82, 2.24) is 5.32 Å². The smallest absolute Gasteiger partial charge is 0.250 e. The number of hydrogen-bond acceptors (Lipinski definition) is 4. The first-order valence-electron chi connectivity index (χ1n) is 6.49. The molecule has 0 saturated carbocycles. The van der Waals surface area contributed by atoms with Crippen molar-refractivity contribution in [3.63, 3.8) is 0 Å². The molecule has 1 amide bonds. The molecule has 0 aliphatic heterocycles. The zero-order chi connectivity index (χ0) is 15.9. The predicted molar refractivity (Wildman–Crippen MR) is 94.2 cm³/mol. The number of anilines is 1. The van der Waals surface area contributed by atoms with E-state index in [0.29, 0.717) is 11.3 Å². The molecule has 22 heavy (non-hydrogen) atoms. The minimum absolute atomic E-state index is 0.0301. The van der Waals surface area contributed by atoms with E-state index in [1.807, 2.05) is 17.5 Å². The van der Waals surface area contributed by atoms with E-state index >= 15 is 0 Å². The molecule has 0 fully saturated rings. The number of rotatable bonds is 4. The topological polar surface area (TPSA) is 58.2 Å². The molecule has 2 rings (SSSR count). The molecule has 0 bridgehead atoms. The van der Waals surface area contributed by atoms with Crippen LogP contribution in [0.15, 0.2) is 47.9 Å². The van der Waals surface area contributed by atoms with Gasteiger partial charge in [-0.25, -0.2) is 0 Å². The third-order valence-electron chi connectivity index (χ3n) is 2.71. The van der Waals surface area contributed by atoms with Crippen molar-refractivity contribution in [2.24, 2.45) is 0 Å². The minimum Gasteiger partial charge on any atom is -0.332 e. The van der Waals surface area contributed by atoms with Crippen LogP contribution in [-0.4, -0.2) is 16.8 Å². The molecule has 112 valence electrons. The van der Waals surface area contributed by atoms with Crippen molar-refractivity contribution < 1.29 is 9.59 Å². The maximum atomic E-state index is 11.7. The van der Waals surface area contributed by atoms with Gasteiger partial charge in [0.05, 0.1) is 0 Å². The molecule has 0 radical (unpaired) electrons. The first-order chi connectivity index (χ1) is 10.5. The van der Waals surface area contributed by atoms with Crippen LogP contribution in [0.25, 0.3) is 6.08 Å². The maximum Gasteiger partial charge on any atom is 0.250 e. The first kappa shape index (κ1) is 16.1. The van der Waals surface area contributed by atoms with Gasteiger partial charge in [0.2, 0.25) is 5.91 Å². The van der Waals surface area contributed by atoms with Gasteiger partial charge in [0.15, 0.2) is 10.9 Å². The van der Waals surface area contributed by atoms with Gasteiger partial charge in [0.1, 0.15) is 0 Å². The van der Waals surface area contributed by atoms with Gasteiger partial charge in [-0.15, -0.1) is 11.3 Å². The van der Waals surface area contributed by atoms with Gasteiger partial charge in [0.25, 0.3) is 0 Å². The maximum absolute atomic E-state index is 11.7. The number of nitrogens with one attached hydrogen (secondary N) is 2. The largest absolute Gasteiger partial charge is 0.332 e. The van der Waals surface area contributed by atoms with E-state index in [-0.39, 0.29) is 16.8 Å². The lowest BCUT2D eigenvalue weighted by Gasteiger charge is -2.08. The van der Waals surface area contributed by atoms with E-state index in [9.17, 15) is 9.59 Å². The standard InChI is InChI=1S/C16H14N2O2S2/c1-11(19)12-4-2-5-13(10-12)17-16(21)18-15(20)8-7-14-6-3-9-22-14/h2-10H,1H3,(H2,17,18,20,21)/b8-7+. The Morgan fingerprint density at radius 1 is 1.23 bits per heavy atom. The second-order valence-electron chi connectivity index (χ2n) is 4.43. The van der Waals surface area contributed by atoms with Crippen molar-refractivity contribution in [1.29, 1.82) is 0 Å². The van der Waals surface area contributed by atoms with Crippen molar-refractivity contribution in [2.75, 3.05) is 5.32 Å². The average molecular weight is 330 g/mol. The van der Waals surface area contributed by atoms with E-state index in [0.717, 1.165) is 4.88 Å². The molecule has 1 aromatic carbocycles. The Hall–Kier alpha value is -2.31. The van der Waals surface area contributed by atoms with Gasteiger partial charge in [0, 0.05) is 22.2 Å². The predicted octanol–water partition coefficient (Wildman–Crippen LogP) is 3.48. The molecule has 1 heterocycles. The zero-order valence-corrected chi connectivity index (χ0v) is 13.5. The van der Waals surface area contributed by atoms with E-state index in [4.69, 9.17) is 12.2 Å². The van der Waals surface area contributed by atoms with E-state index in [1.54, 1.807) is 41.7 Å². The van der Waals surface area contributed by atoms with Crippen LogP contribution < -0.4 is 10.6 Å². The van der Waals surface area contributed by atoms with Gasteiger partial charge in [-0.1, -0.05) is 18.2 Å². The van der Waals surface area contributed by atoms with Crippen molar-refractivity contribution >= 4 is 52.1 Å². The molecule has 2 aromatic rings. The van der Waals surface area contributed by atoms with Crippen LogP contribution in [-0.2, 0) is 4.79 Å². The number of hydrogen-bond donors (Lipinski definition) is 2. The molecular weight excluding hydrogens is 316 g/mol. The van der Waals surface area contributed by atoms with Crippen molar-refractivity contribution in [3.8, 4) is 0 Å². The molecule has 0 aliphatic rings. The number of Topliss-reactive ketones (excluding diaryl/α,β-unsaturated/α-hetero) is 1. The molecular formula is C16H14N2O2S2. The third-order valence-corrected chi connectivity index (χ3v) is 3.75. The number of ketones is 1. The van der Waals surface area contributed by atoms with Gasteiger partial charge < -0.3 is 5.32 Å². The Morgan fingerprint density at radius 3 is 2.73 bits per heavy atom. The highest BCUT2D eigenvalue weighted by Crippen LogP contribution is 2.11. The van der Waals surface area contributed by atoms with Crippen molar-refractivity contribution in [3.05, 3.63) is 58.3 Å². The lowest BCUT2D eigenvalue weighted by Crippen LogP contribution is -2.32. The molecule has 2 N–H and O–H groups in total. The number of carbonyl (C=O) groups is 2. The van der Waals surface area contributed by atoms with Crippen LogP contribution in [0.2, 0.25) is 0 Å². The normalized spacial score (nSPS) is 10.4. The van der Waals surface area contributed by atoms with E-state index < -0.39 is 0 Å². The fourth-order valence-corrected chi connectivity index (χ4v) is 2.51. The first-order valence-corrected chi connectivity index (χ1v) is 7.78. The molecule has 1 aromatic heterocycles. The fourth-order valence-electron chi connectivity index (χ4n) is 1.68. The second-order valence-corrected chi connectivity index (χ2v) is 5.82. The quantitative estimate of drug-likeness (QED) is 0.512. The summed E-state index contributed by atoms with van der Waals surface area (Å²) in [6.45, 7) is 1.49. The fraction of sp³-hybridized carbons (Fsp3) is 0.0625. The van der Waals surface area contributed by atoms with Crippen LogP contribution in [0.1, 0.15) is 22.2 Å². The Labute approximate surface area is 137 Å². The molecule has 6 heteroatoms. The van der Waals surface area contributed by atoms with E-state index in [1.165, 1.54) is 13.0 Å². The van der Waals surface area contributed by atoms with E-state index in [2.05, 4.69) is 10.6 Å². The molecule has 0 saturated heterocycles. The second kappa shape index (κ2) is 7.63. The van der Waals surface area contributed by atoms with Crippen LogP contribution >= 0.6 is 23.6 Å². The van der Waals surface area contributed by atoms with Gasteiger partial charge in [-0.05, 0) is 48.8 Å². The summed E-state index contributed by atoms with van der Waals surface area (Å²) in [6.07, 6.45) is 3.14. The number of carbonyl (C=O) groups excluding carboxylic acids is 2. The summed E-state index contributed by atoms with van der Waals surface area (Å²) in [6, 6.07) is 10.8. The SMILES string of the molecule is CC(=O)c1cccc(NC(=S)NC(=O)/C=C/c2cccs2)c1. The Kier molecular flexibility index (Phi) is 5.57. The lowest BCUT2D eigenvalue weighted by molar-refractivity contribution is -0.115. The number of amides is 1. The van der Waals surface area contributed by atoms with Gasteiger partial charge in [-0.3, -0.25) is 14.9 Å². The third kappa shape index (κ3) is 4.91. The number of benzene rings is 1. The molecule has 4 nitrogen and oxygen atoms in total. The number of thiophene rings is 1. The van der Waals surface area contributed by atoms with Gasteiger partial charge >= 0.3 is 0 Å². The summed E-state index contributed by atoms with van der Waals surface area (Å²) >= 11 is 6.62. The summed E-state index contributed by atoms with van der Waals surface area (Å²) < 4.78 is 0. The zero-order valence-electron chi connectivity index (χ0n) is 11.8. The van der Waals surface area contributed by atoms with Crippen LogP contribution in [0.4, 0.5) is 5.69 Å². The highest BCUT2D eigenvalue weighted by Gasteiger charge is 2.04. The Balaban J connectivity index is 1.91. The average Bonchev–Trinajstić information content (AvgIpc) is 2.98. The monoisotopic (exact) mass is 330 g/mol. The van der Waals surface area contributed by atoms with Crippen molar-refractivity contribution in [2.45, 2.75) is 6.92 Å². The van der Waals surface area contributed by atoms with Crippen LogP contribution in [0.5, 0.6) is 0 Å². The van der Waals surface area contributed by atoms with Gasteiger partial charge in [-0.2, -0.15) is 0 Å². The summed E-state index contributed by atoms with van der Waals surface area (Å²) in [4.78, 5) is 24.0. The highest BCUT2D eigenvalue weighted by atomic mass is 32.1. The highest BCUT2D eigenvalue weighted by molar-refractivity contribution is 7.80.